The molecule has 0 unspecified atom stereocenters. The number of hydrogen-bond donors (Lipinski definition) is 0. The molecule has 144 valence electrons. The van der Waals surface area contributed by atoms with Gasteiger partial charge in [-0.1, -0.05) is 24.3 Å². The molecule has 2 fully saturated rings. The normalized spacial score (nSPS) is 25.4. The Morgan fingerprint density at radius 3 is 2.78 bits per heavy atom. The minimum Gasteiger partial charge on any atom is -0.337 e. The molecule has 4 rings (SSSR count). The maximum Gasteiger partial charge on any atom is 0.273 e. The van der Waals surface area contributed by atoms with Crippen molar-refractivity contribution in [2.24, 2.45) is 11.8 Å². The van der Waals surface area contributed by atoms with E-state index in [0.29, 0.717) is 23.6 Å². The van der Waals surface area contributed by atoms with Gasteiger partial charge in [0.2, 0.25) is 0 Å². The highest BCUT2D eigenvalue weighted by Gasteiger charge is 2.47. The second-order valence-corrected chi connectivity index (χ2v) is 9.18. The number of thiazole rings is 1. The van der Waals surface area contributed by atoms with Crippen molar-refractivity contribution in [2.45, 2.75) is 19.5 Å². The molecule has 3 heterocycles. The Morgan fingerprint density at radius 1 is 1.26 bits per heavy atom. The molecule has 0 radical (unpaired) electrons. The van der Waals surface area contributed by atoms with Crippen molar-refractivity contribution in [3.05, 3.63) is 51.5 Å². The van der Waals surface area contributed by atoms with Gasteiger partial charge in [-0.05, 0) is 45.1 Å². The molecule has 0 saturated carbocycles. The first-order valence-corrected chi connectivity index (χ1v) is 10.5. The maximum atomic E-state index is 13.0. The van der Waals surface area contributed by atoms with Crippen LogP contribution in [-0.4, -0.2) is 66.4 Å². The van der Waals surface area contributed by atoms with Gasteiger partial charge < -0.3 is 9.80 Å². The number of hydrogen-bond acceptors (Lipinski definition) is 5. The van der Waals surface area contributed by atoms with Gasteiger partial charge >= 0.3 is 0 Å². The van der Waals surface area contributed by atoms with Crippen molar-refractivity contribution in [1.82, 2.24) is 19.7 Å². The van der Waals surface area contributed by atoms with E-state index >= 15 is 0 Å². The number of carbonyl (C=O) groups excluding carboxylic acids is 1. The van der Waals surface area contributed by atoms with Gasteiger partial charge in [0, 0.05) is 43.5 Å². The third kappa shape index (κ3) is 3.53. The van der Waals surface area contributed by atoms with Crippen LogP contribution in [0.4, 0.5) is 0 Å². The van der Waals surface area contributed by atoms with Gasteiger partial charge in [0.15, 0.2) is 0 Å². The number of nitrogens with zero attached hydrogens (tertiary/aromatic N) is 4. The van der Waals surface area contributed by atoms with Crippen LogP contribution in [0.15, 0.2) is 29.6 Å². The molecule has 2 aromatic rings. The molecule has 1 amide bonds. The molecule has 0 bridgehead atoms. The molecule has 2 saturated heterocycles. The molecule has 6 heteroatoms. The highest BCUT2D eigenvalue weighted by molar-refractivity contribution is 7.09. The summed E-state index contributed by atoms with van der Waals surface area (Å²) in [6.45, 7) is 5.69. The quantitative estimate of drug-likeness (QED) is 0.813. The average molecular weight is 385 g/mol. The smallest absolute Gasteiger partial charge is 0.273 e. The van der Waals surface area contributed by atoms with Gasteiger partial charge in [0.05, 0.1) is 0 Å². The summed E-state index contributed by atoms with van der Waals surface area (Å²) in [4.78, 5) is 24.2. The van der Waals surface area contributed by atoms with Crippen LogP contribution in [0.2, 0.25) is 0 Å². The number of carbonyl (C=O) groups is 1. The van der Waals surface area contributed by atoms with Crippen LogP contribution in [0.1, 0.15) is 32.7 Å². The van der Waals surface area contributed by atoms with E-state index < -0.39 is 0 Å². The molecule has 3 atom stereocenters. The standard InChI is InChI=1S/C21H28N4OS/c1-14-7-5-6-8-16(14)20-17-11-25(10-15(17)9-24(20)4)21(26)18-13-27-19(22-18)12-23(2)3/h5-8,13,15,17,20H,9-12H2,1-4H3/t15-,17+,20+/m0/s1. The Labute approximate surface area is 165 Å². The van der Waals surface area contributed by atoms with Crippen LogP contribution in [-0.2, 0) is 6.54 Å². The van der Waals surface area contributed by atoms with Gasteiger partial charge in [-0.2, -0.15) is 0 Å². The van der Waals surface area contributed by atoms with E-state index in [1.54, 1.807) is 11.3 Å². The number of aryl methyl sites for hydroxylation is 1. The maximum absolute atomic E-state index is 13.0. The fourth-order valence-electron chi connectivity index (χ4n) is 4.72. The van der Waals surface area contributed by atoms with Gasteiger partial charge in [0.1, 0.15) is 10.7 Å². The van der Waals surface area contributed by atoms with Crippen molar-refractivity contribution < 1.29 is 4.79 Å². The monoisotopic (exact) mass is 384 g/mol. The van der Waals surface area contributed by atoms with Crippen molar-refractivity contribution in [3.8, 4) is 0 Å². The number of aromatic nitrogens is 1. The zero-order chi connectivity index (χ0) is 19.1. The van der Waals surface area contributed by atoms with Gasteiger partial charge in [-0.25, -0.2) is 4.98 Å². The van der Waals surface area contributed by atoms with Crippen LogP contribution in [0.25, 0.3) is 0 Å². The molecule has 5 nitrogen and oxygen atoms in total. The summed E-state index contributed by atoms with van der Waals surface area (Å²) in [5.74, 6) is 1.14. The predicted molar refractivity (Wildman–Crippen MR) is 109 cm³/mol. The lowest BCUT2D eigenvalue weighted by Gasteiger charge is -2.27. The molecule has 0 aliphatic carbocycles. The Balaban J connectivity index is 1.50. The molecular weight excluding hydrogens is 356 g/mol. The van der Waals surface area contributed by atoms with Crippen LogP contribution in [0.5, 0.6) is 0 Å². The third-order valence-corrected chi connectivity index (χ3v) is 6.74. The highest BCUT2D eigenvalue weighted by Crippen LogP contribution is 2.45. The van der Waals surface area contributed by atoms with E-state index in [9.17, 15) is 4.79 Å². The molecule has 1 aromatic heterocycles. The van der Waals surface area contributed by atoms with Gasteiger partial charge in [-0.3, -0.25) is 9.69 Å². The van der Waals surface area contributed by atoms with Crippen LogP contribution in [0.3, 0.4) is 0 Å². The largest absolute Gasteiger partial charge is 0.337 e. The fraction of sp³-hybridized carbons (Fsp3) is 0.524. The fourth-order valence-corrected chi connectivity index (χ4v) is 5.61. The molecule has 1 aromatic carbocycles. The summed E-state index contributed by atoms with van der Waals surface area (Å²) < 4.78 is 0. The summed E-state index contributed by atoms with van der Waals surface area (Å²) in [6.07, 6.45) is 0. The minimum absolute atomic E-state index is 0.0943. The highest BCUT2D eigenvalue weighted by atomic mass is 32.1. The lowest BCUT2D eigenvalue weighted by Crippen LogP contribution is -2.33. The summed E-state index contributed by atoms with van der Waals surface area (Å²) >= 11 is 1.58. The second kappa shape index (κ2) is 7.34. The van der Waals surface area contributed by atoms with E-state index in [1.807, 2.05) is 24.4 Å². The van der Waals surface area contributed by atoms with Crippen molar-refractivity contribution in [3.63, 3.8) is 0 Å². The number of amides is 1. The molecule has 0 N–H and O–H groups in total. The van der Waals surface area contributed by atoms with E-state index in [2.05, 4.69) is 53.0 Å². The summed E-state index contributed by atoms with van der Waals surface area (Å²) in [7, 11) is 6.26. The lowest BCUT2D eigenvalue weighted by atomic mass is 9.88. The number of rotatable bonds is 4. The molecule has 2 aliphatic heterocycles. The van der Waals surface area contributed by atoms with Crippen molar-refractivity contribution in [1.29, 1.82) is 0 Å². The lowest BCUT2D eigenvalue weighted by molar-refractivity contribution is 0.0762. The third-order valence-electron chi connectivity index (χ3n) is 5.91. The Hall–Kier alpha value is -1.76. The Kier molecular flexibility index (Phi) is 5.05. The number of likely N-dealkylation sites (tertiary alicyclic amines) is 2. The topological polar surface area (TPSA) is 39.7 Å². The van der Waals surface area contributed by atoms with Gasteiger partial charge in [0.25, 0.3) is 5.91 Å². The van der Waals surface area contributed by atoms with Crippen LogP contribution >= 0.6 is 11.3 Å². The first-order valence-electron chi connectivity index (χ1n) is 9.58. The van der Waals surface area contributed by atoms with E-state index in [-0.39, 0.29) is 5.91 Å². The molecule has 2 aliphatic rings. The minimum atomic E-state index is 0.0943. The Morgan fingerprint density at radius 2 is 2.04 bits per heavy atom. The van der Waals surface area contributed by atoms with Crippen LogP contribution in [0, 0.1) is 18.8 Å². The zero-order valence-electron chi connectivity index (χ0n) is 16.6. The van der Waals surface area contributed by atoms with E-state index in [1.165, 1.54) is 11.1 Å². The average Bonchev–Trinajstić information content (AvgIpc) is 3.29. The summed E-state index contributed by atoms with van der Waals surface area (Å²) in [5.41, 5.74) is 3.36. The van der Waals surface area contributed by atoms with Crippen molar-refractivity contribution >= 4 is 17.2 Å². The summed E-state index contributed by atoms with van der Waals surface area (Å²) in [6, 6.07) is 9.06. The predicted octanol–water partition coefficient (Wildman–Crippen LogP) is 2.89. The number of fused-ring (bicyclic) bond motifs is 1. The Bertz CT molecular complexity index is 833. The first-order chi connectivity index (χ1) is 12.9. The van der Waals surface area contributed by atoms with Gasteiger partial charge in [-0.15, -0.1) is 11.3 Å². The molecule has 27 heavy (non-hydrogen) atoms. The molecular formula is C21H28N4OS. The zero-order valence-corrected chi connectivity index (χ0v) is 17.4. The van der Waals surface area contributed by atoms with Crippen molar-refractivity contribution in [2.75, 3.05) is 40.8 Å². The second-order valence-electron chi connectivity index (χ2n) is 8.24. The first kappa shape index (κ1) is 18.6. The van der Waals surface area contributed by atoms with E-state index in [4.69, 9.17) is 0 Å². The summed E-state index contributed by atoms with van der Waals surface area (Å²) in [5, 5.41) is 2.92. The van der Waals surface area contributed by atoms with Crippen LogP contribution < -0.4 is 0 Å². The SMILES string of the molecule is Cc1ccccc1[C@@H]1[C@@H]2CN(C(=O)c3csc(CN(C)C)n3)C[C@@H]2CN1C. The number of benzene rings is 1. The van der Waals surface area contributed by atoms with E-state index in [0.717, 1.165) is 31.2 Å². The molecule has 0 spiro atoms.